The van der Waals surface area contributed by atoms with E-state index in [1.807, 2.05) is 24.3 Å². The van der Waals surface area contributed by atoms with Crippen LogP contribution in [-0.2, 0) is 14.8 Å². The minimum Gasteiger partial charge on any atom is -0.378 e. The van der Waals surface area contributed by atoms with Gasteiger partial charge in [0.05, 0.1) is 24.5 Å². The van der Waals surface area contributed by atoms with Crippen LogP contribution in [0.5, 0.6) is 0 Å². The summed E-state index contributed by atoms with van der Waals surface area (Å²) in [5.41, 5.74) is 0.634. The lowest BCUT2D eigenvalue weighted by molar-refractivity contribution is 0.0303. The van der Waals surface area contributed by atoms with Crippen LogP contribution in [0.25, 0.3) is 10.8 Å². The molecule has 1 aliphatic rings. The molecule has 1 fully saturated rings. The number of thiophene rings is 1. The van der Waals surface area contributed by atoms with E-state index in [-0.39, 0.29) is 10.1 Å². The first kappa shape index (κ1) is 18.0. The molecule has 0 unspecified atom stereocenters. The van der Waals surface area contributed by atoms with Gasteiger partial charge in [-0.3, -0.25) is 9.52 Å². The third-order valence-electron chi connectivity index (χ3n) is 4.42. The van der Waals surface area contributed by atoms with Gasteiger partial charge in [0.1, 0.15) is 4.21 Å². The van der Waals surface area contributed by atoms with Gasteiger partial charge in [0, 0.05) is 13.1 Å². The molecule has 0 atom stereocenters. The van der Waals surface area contributed by atoms with Crippen LogP contribution in [0.2, 0.25) is 0 Å². The van der Waals surface area contributed by atoms with Crippen LogP contribution >= 0.6 is 11.3 Å². The smallest absolute Gasteiger partial charge is 0.271 e. The van der Waals surface area contributed by atoms with Crippen molar-refractivity contribution in [3.05, 3.63) is 59.5 Å². The normalized spacial score (nSPS) is 15.0. The molecule has 1 amide bonds. The van der Waals surface area contributed by atoms with Gasteiger partial charge in [-0.2, -0.15) is 0 Å². The quantitative estimate of drug-likeness (QED) is 0.727. The Bertz CT molecular complexity index is 1070. The van der Waals surface area contributed by atoms with Gasteiger partial charge in [-0.15, -0.1) is 11.3 Å². The number of morpholine rings is 1. The number of carbonyl (C=O) groups excluding carboxylic acids is 1. The molecule has 0 bridgehead atoms. The second kappa shape index (κ2) is 7.30. The highest BCUT2D eigenvalue weighted by Gasteiger charge is 2.24. The predicted octanol–water partition coefficient (Wildman–Crippen LogP) is 3.17. The molecule has 0 aliphatic carbocycles. The van der Waals surface area contributed by atoms with E-state index in [9.17, 15) is 13.2 Å². The second-order valence-corrected chi connectivity index (χ2v) is 9.04. The number of nitrogens with one attached hydrogen (secondary N) is 1. The third-order valence-corrected chi connectivity index (χ3v) is 7.18. The zero-order valence-corrected chi connectivity index (χ0v) is 16.1. The van der Waals surface area contributed by atoms with Crippen molar-refractivity contribution in [2.75, 3.05) is 31.0 Å². The average molecular weight is 402 g/mol. The Morgan fingerprint density at radius 1 is 1.04 bits per heavy atom. The highest BCUT2D eigenvalue weighted by atomic mass is 32.2. The van der Waals surface area contributed by atoms with Gasteiger partial charge in [0.15, 0.2) is 0 Å². The van der Waals surface area contributed by atoms with Gasteiger partial charge in [0.2, 0.25) is 0 Å². The topological polar surface area (TPSA) is 75.7 Å². The fourth-order valence-electron chi connectivity index (χ4n) is 3.05. The third kappa shape index (κ3) is 3.69. The van der Waals surface area contributed by atoms with Crippen molar-refractivity contribution in [2.45, 2.75) is 4.21 Å². The van der Waals surface area contributed by atoms with Crippen molar-refractivity contribution >= 4 is 43.7 Å². The first-order valence-electron chi connectivity index (χ1n) is 8.51. The minimum atomic E-state index is -3.75. The molecule has 27 heavy (non-hydrogen) atoms. The van der Waals surface area contributed by atoms with E-state index in [4.69, 9.17) is 4.74 Å². The monoisotopic (exact) mass is 402 g/mol. The Morgan fingerprint density at radius 2 is 1.74 bits per heavy atom. The summed E-state index contributed by atoms with van der Waals surface area (Å²) in [6.07, 6.45) is 0. The standard InChI is InChI=1S/C19H18N2O4S2/c22-19(21-7-9-25-10-8-21)16-12-14-4-1-2-5-15(14)13-17(16)20-27(23,24)18-6-3-11-26-18/h1-6,11-13,20H,7-10H2. The van der Waals surface area contributed by atoms with E-state index < -0.39 is 10.0 Å². The van der Waals surface area contributed by atoms with Crippen molar-refractivity contribution < 1.29 is 17.9 Å². The van der Waals surface area contributed by atoms with Gasteiger partial charge in [-0.25, -0.2) is 8.42 Å². The molecular weight excluding hydrogens is 384 g/mol. The zero-order valence-electron chi connectivity index (χ0n) is 14.4. The van der Waals surface area contributed by atoms with Crippen LogP contribution in [0.4, 0.5) is 5.69 Å². The number of sulfonamides is 1. The number of rotatable bonds is 4. The fourth-order valence-corrected chi connectivity index (χ4v) is 5.11. The summed E-state index contributed by atoms with van der Waals surface area (Å²) in [5, 5.41) is 3.45. The number of nitrogens with zero attached hydrogens (tertiary/aromatic N) is 1. The van der Waals surface area contributed by atoms with Crippen LogP contribution in [0.15, 0.2) is 58.1 Å². The van der Waals surface area contributed by atoms with Crippen molar-refractivity contribution in [1.29, 1.82) is 0 Å². The van der Waals surface area contributed by atoms with Gasteiger partial charge in [-0.1, -0.05) is 30.3 Å². The lowest BCUT2D eigenvalue weighted by Gasteiger charge is -2.27. The van der Waals surface area contributed by atoms with Crippen molar-refractivity contribution in [3.63, 3.8) is 0 Å². The van der Waals surface area contributed by atoms with Crippen LogP contribution in [0.3, 0.4) is 0 Å². The molecule has 0 radical (unpaired) electrons. The Morgan fingerprint density at radius 3 is 2.41 bits per heavy atom. The number of benzene rings is 2. The van der Waals surface area contributed by atoms with Gasteiger partial charge in [-0.05, 0) is 34.4 Å². The van der Waals surface area contributed by atoms with Gasteiger partial charge in [0.25, 0.3) is 15.9 Å². The average Bonchev–Trinajstić information content (AvgIpc) is 3.23. The van der Waals surface area contributed by atoms with Crippen molar-refractivity contribution in [3.8, 4) is 0 Å². The van der Waals surface area contributed by atoms with E-state index >= 15 is 0 Å². The number of fused-ring (bicyclic) bond motifs is 1. The summed E-state index contributed by atoms with van der Waals surface area (Å²) in [4.78, 5) is 14.8. The van der Waals surface area contributed by atoms with Crippen LogP contribution in [0, 0.1) is 0 Å². The number of carbonyl (C=O) groups is 1. The molecule has 6 nitrogen and oxygen atoms in total. The Kier molecular flexibility index (Phi) is 4.86. The molecule has 140 valence electrons. The summed E-state index contributed by atoms with van der Waals surface area (Å²) in [6.45, 7) is 1.94. The molecule has 0 saturated carbocycles. The molecule has 2 heterocycles. The lowest BCUT2D eigenvalue weighted by Crippen LogP contribution is -2.41. The molecule has 8 heteroatoms. The lowest BCUT2D eigenvalue weighted by atomic mass is 10.0. The maximum atomic E-state index is 13.1. The molecule has 3 aromatic rings. The number of ether oxygens (including phenoxy) is 1. The first-order chi connectivity index (χ1) is 13.0. The van der Waals surface area contributed by atoms with E-state index in [0.29, 0.717) is 37.6 Å². The van der Waals surface area contributed by atoms with Crippen LogP contribution < -0.4 is 4.72 Å². The molecule has 2 aromatic carbocycles. The number of amides is 1. The van der Waals surface area contributed by atoms with E-state index in [1.165, 1.54) is 6.07 Å². The first-order valence-corrected chi connectivity index (χ1v) is 10.9. The van der Waals surface area contributed by atoms with E-state index in [1.54, 1.807) is 28.5 Å². The summed E-state index contributed by atoms with van der Waals surface area (Å²) in [6, 6.07) is 14.2. The summed E-state index contributed by atoms with van der Waals surface area (Å²) in [5.74, 6) is -0.201. The molecule has 0 spiro atoms. The largest absolute Gasteiger partial charge is 0.378 e. The SMILES string of the molecule is O=C(c1cc2ccccc2cc1NS(=O)(=O)c1cccs1)N1CCOCC1. The number of anilines is 1. The molecular formula is C19H18N2O4S2. The fraction of sp³-hybridized carbons (Fsp3) is 0.211. The molecule has 1 saturated heterocycles. The predicted molar refractivity (Wildman–Crippen MR) is 106 cm³/mol. The summed E-state index contributed by atoms with van der Waals surface area (Å²) in [7, 11) is -3.75. The Labute approximate surface area is 161 Å². The highest BCUT2D eigenvalue weighted by Crippen LogP contribution is 2.28. The highest BCUT2D eigenvalue weighted by molar-refractivity contribution is 7.94. The second-order valence-electron chi connectivity index (χ2n) is 6.19. The summed E-state index contributed by atoms with van der Waals surface area (Å²) < 4.78 is 33.5. The zero-order chi connectivity index (χ0) is 18.9. The van der Waals surface area contributed by atoms with Crippen LogP contribution in [-0.4, -0.2) is 45.5 Å². The number of hydrogen-bond acceptors (Lipinski definition) is 5. The Balaban J connectivity index is 1.78. The Hall–Kier alpha value is -2.42. The molecule has 4 rings (SSSR count). The maximum absolute atomic E-state index is 13.1. The van der Waals surface area contributed by atoms with Gasteiger partial charge >= 0.3 is 0 Å². The minimum absolute atomic E-state index is 0.201. The number of hydrogen-bond donors (Lipinski definition) is 1. The van der Waals surface area contributed by atoms with Gasteiger partial charge < -0.3 is 9.64 Å². The van der Waals surface area contributed by atoms with E-state index in [2.05, 4.69) is 4.72 Å². The van der Waals surface area contributed by atoms with Crippen molar-refractivity contribution in [2.24, 2.45) is 0 Å². The summed E-state index contributed by atoms with van der Waals surface area (Å²) >= 11 is 1.13. The molecule has 1 N–H and O–H groups in total. The maximum Gasteiger partial charge on any atom is 0.271 e. The molecule has 1 aliphatic heterocycles. The molecule has 1 aromatic heterocycles. The van der Waals surface area contributed by atoms with E-state index in [0.717, 1.165) is 22.1 Å². The van der Waals surface area contributed by atoms with Crippen molar-refractivity contribution in [1.82, 2.24) is 4.90 Å². The van der Waals surface area contributed by atoms with Crippen LogP contribution in [0.1, 0.15) is 10.4 Å².